The van der Waals surface area contributed by atoms with Crippen molar-refractivity contribution in [2.45, 2.75) is 25.4 Å². The first kappa shape index (κ1) is 13.2. The monoisotopic (exact) mass is 230 g/mol. The van der Waals surface area contributed by atoms with Crippen molar-refractivity contribution in [3.05, 3.63) is 61.2 Å². The molecule has 0 spiro atoms. The molecule has 1 unspecified atom stereocenters. The molecule has 0 saturated carbocycles. The fourth-order valence-corrected chi connectivity index (χ4v) is 1.51. The zero-order chi connectivity index (χ0) is 12.5. The van der Waals surface area contributed by atoms with E-state index in [-0.39, 0.29) is 12.1 Å². The van der Waals surface area contributed by atoms with E-state index in [1.807, 2.05) is 24.3 Å². The third kappa shape index (κ3) is 4.68. The Morgan fingerprint density at radius 2 is 1.94 bits per heavy atom. The van der Waals surface area contributed by atoms with Gasteiger partial charge in [-0.2, -0.15) is 0 Å². The van der Waals surface area contributed by atoms with Crippen LogP contribution in [0.1, 0.15) is 29.6 Å². The number of hydrogen-bond donors (Lipinski definition) is 0. The minimum absolute atomic E-state index is 0.113. The molecular formula is C15H18O2. The third-order valence-electron chi connectivity index (χ3n) is 2.41. The average molecular weight is 230 g/mol. The number of carbonyl (C=O) groups is 1. The molecule has 1 aromatic rings. The smallest absolute Gasteiger partial charge is 0.338 e. The molecular weight excluding hydrogens is 212 g/mol. The Bertz CT molecular complexity index is 368. The molecule has 0 fully saturated rings. The molecule has 2 nitrogen and oxygen atoms in total. The highest BCUT2D eigenvalue weighted by Crippen LogP contribution is 2.11. The van der Waals surface area contributed by atoms with Gasteiger partial charge in [-0.1, -0.05) is 30.4 Å². The Hall–Kier alpha value is -1.83. The number of hydrogen-bond acceptors (Lipinski definition) is 2. The Labute approximate surface area is 103 Å². The van der Waals surface area contributed by atoms with Gasteiger partial charge in [0.1, 0.15) is 6.10 Å². The summed E-state index contributed by atoms with van der Waals surface area (Å²) < 4.78 is 5.42. The van der Waals surface area contributed by atoms with Crippen LogP contribution in [0.3, 0.4) is 0 Å². The maximum absolute atomic E-state index is 11.8. The molecule has 0 aliphatic carbocycles. The second kappa shape index (κ2) is 7.44. The Morgan fingerprint density at radius 1 is 1.24 bits per heavy atom. The lowest BCUT2D eigenvalue weighted by Gasteiger charge is -2.15. The summed E-state index contributed by atoms with van der Waals surface area (Å²) in [6.07, 6.45) is 5.78. The minimum Gasteiger partial charge on any atom is -0.458 e. The molecule has 17 heavy (non-hydrogen) atoms. The van der Waals surface area contributed by atoms with Crippen LogP contribution in [-0.2, 0) is 4.74 Å². The summed E-state index contributed by atoms with van der Waals surface area (Å²) in [4.78, 5) is 11.8. The van der Waals surface area contributed by atoms with Crippen molar-refractivity contribution >= 4 is 5.97 Å². The van der Waals surface area contributed by atoms with E-state index in [2.05, 4.69) is 13.2 Å². The van der Waals surface area contributed by atoms with Crippen LogP contribution in [0.5, 0.6) is 0 Å². The molecule has 90 valence electrons. The van der Waals surface area contributed by atoms with E-state index in [1.54, 1.807) is 18.2 Å². The molecule has 0 saturated heterocycles. The molecule has 0 N–H and O–H groups in total. The van der Waals surface area contributed by atoms with Gasteiger partial charge in [0.2, 0.25) is 0 Å². The van der Waals surface area contributed by atoms with Crippen molar-refractivity contribution in [1.29, 1.82) is 0 Å². The lowest BCUT2D eigenvalue weighted by Crippen LogP contribution is -2.17. The van der Waals surface area contributed by atoms with Gasteiger partial charge in [0.15, 0.2) is 0 Å². The van der Waals surface area contributed by atoms with Crippen LogP contribution in [0.2, 0.25) is 0 Å². The second-order valence-corrected chi connectivity index (χ2v) is 3.78. The number of rotatable bonds is 7. The molecule has 0 amide bonds. The van der Waals surface area contributed by atoms with E-state index < -0.39 is 0 Å². The van der Waals surface area contributed by atoms with Crippen LogP contribution in [0.25, 0.3) is 0 Å². The van der Waals surface area contributed by atoms with Crippen LogP contribution in [0.4, 0.5) is 0 Å². The Balaban J connectivity index is 2.57. The highest BCUT2D eigenvalue weighted by Gasteiger charge is 2.13. The molecule has 1 aromatic carbocycles. The maximum atomic E-state index is 11.8. The van der Waals surface area contributed by atoms with Crippen molar-refractivity contribution in [2.75, 3.05) is 0 Å². The van der Waals surface area contributed by atoms with Crippen LogP contribution >= 0.6 is 0 Å². The molecule has 0 aromatic heterocycles. The van der Waals surface area contributed by atoms with E-state index in [0.29, 0.717) is 12.0 Å². The number of carbonyl (C=O) groups excluding carboxylic acids is 1. The largest absolute Gasteiger partial charge is 0.458 e. The summed E-state index contributed by atoms with van der Waals surface area (Å²) in [6.45, 7) is 7.34. The summed E-state index contributed by atoms with van der Waals surface area (Å²) in [5, 5.41) is 0. The van der Waals surface area contributed by atoms with Crippen LogP contribution in [0.15, 0.2) is 55.6 Å². The van der Waals surface area contributed by atoms with E-state index in [0.717, 1.165) is 12.8 Å². The molecule has 0 heterocycles. The summed E-state index contributed by atoms with van der Waals surface area (Å²) in [5.41, 5.74) is 0.583. The van der Waals surface area contributed by atoms with Gasteiger partial charge in [-0.15, -0.1) is 13.2 Å². The van der Waals surface area contributed by atoms with Gasteiger partial charge in [0, 0.05) is 6.42 Å². The van der Waals surface area contributed by atoms with Crippen LogP contribution < -0.4 is 0 Å². The predicted octanol–water partition coefficient (Wildman–Crippen LogP) is 3.75. The third-order valence-corrected chi connectivity index (χ3v) is 2.41. The first-order valence-corrected chi connectivity index (χ1v) is 5.75. The van der Waals surface area contributed by atoms with Crippen molar-refractivity contribution < 1.29 is 9.53 Å². The van der Waals surface area contributed by atoms with Gasteiger partial charge in [-0.3, -0.25) is 0 Å². The summed E-state index contributed by atoms with van der Waals surface area (Å²) in [5.74, 6) is -0.276. The van der Waals surface area contributed by atoms with E-state index >= 15 is 0 Å². The topological polar surface area (TPSA) is 26.3 Å². The van der Waals surface area contributed by atoms with E-state index in [4.69, 9.17) is 4.74 Å². The quantitative estimate of drug-likeness (QED) is 0.526. The van der Waals surface area contributed by atoms with Gasteiger partial charge in [-0.05, 0) is 25.0 Å². The van der Waals surface area contributed by atoms with Crippen molar-refractivity contribution in [1.82, 2.24) is 0 Å². The highest BCUT2D eigenvalue weighted by molar-refractivity contribution is 5.89. The maximum Gasteiger partial charge on any atom is 0.338 e. The summed E-state index contributed by atoms with van der Waals surface area (Å²) in [6, 6.07) is 9.02. The molecule has 1 rings (SSSR count). The summed E-state index contributed by atoms with van der Waals surface area (Å²) in [7, 11) is 0. The normalized spacial score (nSPS) is 11.5. The fourth-order valence-electron chi connectivity index (χ4n) is 1.51. The van der Waals surface area contributed by atoms with Crippen LogP contribution in [0, 0.1) is 0 Å². The molecule has 0 aliphatic rings. The van der Waals surface area contributed by atoms with Gasteiger partial charge < -0.3 is 4.74 Å². The second-order valence-electron chi connectivity index (χ2n) is 3.78. The van der Waals surface area contributed by atoms with E-state index in [1.165, 1.54) is 0 Å². The summed E-state index contributed by atoms with van der Waals surface area (Å²) >= 11 is 0. The molecule has 0 aliphatic heterocycles. The average Bonchev–Trinajstić information content (AvgIpc) is 2.37. The molecule has 0 radical (unpaired) electrons. The van der Waals surface area contributed by atoms with Crippen LogP contribution in [-0.4, -0.2) is 12.1 Å². The number of benzene rings is 1. The lowest BCUT2D eigenvalue weighted by atomic mass is 10.1. The van der Waals surface area contributed by atoms with Crippen molar-refractivity contribution in [3.8, 4) is 0 Å². The predicted molar refractivity (Wildman–Crippen MR) is 69.9 cm³/mol. The Morgan fingerprint density at radius 3 is 2.53 bits per heavy atom. The van der Waals surface area contributed by atoms with Gasteiger partial charge in [0.25, 0.3) is 0 Å². The fraction of sp³-hybridized carbons (Fsp3) is 0.267. The van der Waals surface area contributed by atoms with Crippen molar-refractivity contribution in [2.24, 2.45) is 0 Å². The minimum atomic E-state index is -0.276. The molecule has 0 bridgehead atoms. The van der Waals surface area contributed by atoms with E-state index in [9.17, 15) is 4.79 Å². The van der Waals surface area contributed by atoms with Gasteiger partial charge >= 0.3 is 5.97 Å². The molecule has 2 heteroatoms. The highest BCUT2D eigenvalue weighted by atomic mass is 16.5. The first-order chi connectivity index (χ1) is 8.27. The zero-order valence-electron chi connectivity index (χ0n) is 9.97. The standard InChI is InChI=1S/C15H18O2/c1-3-5-12-14(9-4-2)17-15(16)13-10-7-6-8-11-13/h3-4,6-8,10-11,14H,1-2,5,9,12H2. The van der Waals surface area contributed by atoms with Gasteiger partial charge in [-0.25, -0.2) is 4.79 Å². The van der Waals surface area contributed by atoms with Gasteiger partial charge in [0.05, 0.1) is 5.56 Å². The number of ether oxygens (including phenoxy) is 1. The zero-order valence-corrected chi connectivity index (χ0v) is 9.97. The Kier molecular flexibility index (Phi) is 5.80. The molecule has 1 atom stereocenters. The number of esters is 1. The number of allylic oxidation sites excluding steroid dienone is 1. The van der Waals surface area contributed by atoms with Crippen molar-refractivity contribution in [3.63, 3.8) is 0 Å². The first-order valence-electron chi connectivity index (χ1n) is 5.75. The lowest BCUT2D eigenvalue weighted by molar-refractivity contribution is 0.0291. The SMILES string of the molecule is C=CCCC(CC=C)OC(=O)c1ccccc1.